The molecule has 2 aliphatic heterocycles. The minimum Gasteiger partial charge on any atom is -0.465 e. The summed E-state index contributed by atoms with van der Waals surface area (Å²) in [6.45, 7) is 9.75. The predicted octanol–water partition coefficient (Wildman–Crippen LogP) is 0.836. The Morgan fingerprint density at radius 2 is 1.52 bits per heavy atom. The number of ether oxygens (including phenoxy) is 3. The number of esters is 1. The highest BCUT2D eigenvalue weighted by Gasteiger charge is 2.21. The Balaban J connectivity index is 1.68. The molecule has 1 aromatic rings. The second kappa shape index (κ2) is 10.0. The number of aromatic nitrogens is 3. The van der Waals surface area contributed by atoms with Crippen LogP contribution in [0.1, 0.15) is 13.8 Å². The first kappa shape index (κ1) is 20.1. The second-order valence-electron chi connectivity index (χ2n) is 6.59. The summed E-state index contributed by atoms with van der Waals surface area (Å²) in [7, 11) is 0. The molecule has 0 bridgehead atoms. The molecule has 9 nitrogen and oxygen atoms in total. The molecular formula is C17H27N5O4S. The van der Waals surface area contributed by atoms with E-state index in [4.69, 9.17) is 14.2 Å². The Hall–Kier alpha value is -1.65. The van der Waals surface area contributed by atoms with Gasteiger partial charge in [0.2, 0.25) is 11.9 Å². The van der Waals surface area contributed by atoms with Gasteiger partial charge in [-0.25, -0.2) is 0 Å². The first-order valence-electron chi connectivity index (χ1n) is 9.34. The van der Waals surface area contributed by atoms with Crippen molar-refractivity contribution in [3.8, 4) is 0 Å². The maximum atomic E-state index is 11.6. The molecule has 0 N–H and O–H groups in total. The normalized spacial score (nSPS) is 18.0. The molecule has 0 atom stereocenters. The van der Waals surface area contributed by atoms with E-state index in [9.17, 15) is 4.79 Å². The first-order chi connectivity index (χ1) is 13.1. The van der Waals surface area contributed by atoms with Crippen LogP contribution in [0.3, 0.4) is 0 Å². The summed E-state index contributed by atoms with van der Waals surface area (Å²) in [4.78, 5) is 29.7. The van der Waals surface area contributed by atoms with E-state index in [1.54, 1.807) is 0 Å². The SMILES string of the molecule is CC(C)C(=O)OCCSc1nc(N2CCOCC2)nc(N2CCOCC2)n1. The third-order valence-electron chi connectivity index (χ3n) is 4.21. The Morgan fingerprint density at radius 1 is 1.00 bits per heavy atom. The van der Waals surface area contributed by atoms with Crippen molar-refractivity contribution in [1.82, 2.24) is 15.0 Å². The molecule has 0 unspecified atom stereocenters. The van der Waals surface area contributed by atoms with E-state index >= 15 is 0 Å². The van der Waals surface area contributed by atoms with Crippen molar-refractivity contribution in [2.75, 3.05) is 74.8 Å². The van der Waals surface area contributed by atoms with Gasteiger partial charge in [-0.3, -0.25) is 4.79 Å². The zero-order valence-corrected chi connectivity index (χ0v) is 16.7. The zero-order chi connectivity index (χ0) is 19.1. The molecule has 2 saturated heterocycles. The Bertz CT molecular complexity index is 585. The van der Waals surface area contributed by atoms with Crippen LogP contribution in [0.25, 0.3) is 0 Å². The quantitative estimate of drug-likeness (QED) is 0.374. The van der Waals surface area contributed by atoms with Crippen LogP contribution in [-0.2, 0) is 19.0 Å². The highest BCUT2D eigenvalue weighted by atomic mass is 32.2. The van der Waals surface area contributed by atoms with E-state index < -0.39 is 0 Å². The molecule has 3 heterocycles. The van der Waals surface area contributed by atoms with Gasteiger partial charge < -0.3 is 24.0 Å². The largest absolute Gasteiger partial charge is 0.465 e. The van der Waals surface area contributed by atoms with Crippen LogP contribution in [0.2, 0.25) is 0 Å². The van der Waals surface area contributed by atoms with Gasteiger partial charge in [0.15, 0.2) is 5.16 Å². The molecule has 10 heteroatoms. The minimum absolute atomic E-state index is 0.118. The van der Waals surface area contributed by atoms with Gasteiger partial charge in [-0.05, 0) is 0 Å². The summed E-state index contributed by atoms with van der Waals surface area (Å²) >= 11 is 1.48. The molecule has 0 aliphatic carbocycles. The molecule has 0 amide bonds. The zero-order valence-electron chi connectivity index (χ0n) is 15.9. The van der Waals surface area contributed by atoms with E-state index in [1.165, 1.54) is 11.8 Å². The van der Waals surface area contributed by atoms with Gasteiger partial charge in [-0.1, -0.05) is 25.6 Å². The van der Waals surface area contributed by atoms with E-state index in [2.05, 4.69) is 24.8 Å². The number of carbonyl (C=O) groups excluding carboxylic acids is 1. The van der Waals surface area contributed by atoms with Crippen LogP contribution in [0, 0.1) is 5.92 Å². The van der Waals surface area contributed by atoms with Crippen LogP contribution in [0.15, 0.2) is 5.16 Å². The lowest BCUT2D eigenvalue weighted by Gasteiger charge is -2.30. The molecule has 2 fully saturated rings. The van der Waals surface area contributed by atoms with Crippen molar-refractivity contribution in [3.05, 3.63) is 0 Å². The number of hydrogen-bond donors (Lipinski definition) is 0. The molecule has 0 radical (unpaired) electrons. The van der Waals surface area contributed by atoms with Gasteiger partial charge in [-0.15, -0.1) is 0 Å². The Morgan fingerprint density at radius 3 is 2.00 bits per heavy atom. The van der Waals surface area contributed by atoms with E-state index in [0.29, 0.717) is 55.8 Å². The Labute approximate surface area is 163 Å². The monoisotopic (exact) mass is 397 g/mol. The van der Waals surface area contributed by atoms with Crippen LogP contribution in [0.4, 0.5) is 11.9 Å². The molecule has 3 rings (SSSR count). The molecule has 150 valence electrons. The number of hydrogen-bond acceptors (Lipinski definition) is 10. The van der Waals surface area contributed by atoms with Gasteiger partial charge >= 0.3 is 5.97 Å². The lowest BCUT2D eigenvalue weighted by molar-refractivity contribution is -0.146. The first-order valence-corrected chi connectivity index (χ1v) is 10.3. The summed E-state index contributed by atoms with van der Waals surface area (Å²) in [5.41, 5.74) is 0. The molecule has 27 heavy (non-hydrogen) atoms. The maximum Gasteiger partial charge on any atom is 0.308 e. The minimum atomic E-state index is -0.186. The van der Waals surface area contributed by atoms with Gasteiger partial charge in [-0.2, -0.15) is 15.0 Å². The molecular weight excluding hydrogens is 370 g/mol. The van der Waals surface area contributed by atoms with Crippen LogP contribution in [0.5, 0.6) is 0 Å². The summed E-state index contributed by atoms with van der Waals surface area (Å²) in [6, 6.07) is 0. The van der Waals surface area contributed by atoms with Crippen molar-refractivity contribution in [1.29, 1.82) is 0 Å². The summed E-state index contributed by atoms with van der Waals surface area (Å²) in [6.07, 6.45) is 0. The third-order valence-corrected chi connectivity index (χ3v) is 5.02. The van der Waals surface area contributed by atoms with Crippen molar-refractivity contribution in [2.24, 2.45) is 5.92 Å². The van der Waals surface area contributed by atoms with Crippen LogP contribution in [-0.4, -0.2) is 85.9 Å². The fourth-order valence-corrected chi connectivity index (χ4v) is 3.29. The smallest absolute Gasteiger partial charge is 0.308 e. The van der Waals surface area contributed by atoms with Crippen molar-refractivity contribution >= 4 is 29.6 Å². The molecule has 0 saturated carbocycles. The number of morpholine rings is 2. The van der Waals surface area contributed by atoms with Crippen molar-refractivity contribution in [2.45, 2.75) is 19.0 Å². The average molecular weight is 398 g/mol. The fourth-order valence-electron chi connectivity index (χ4n) is 2.65. The van der Waals surface area contributed by atoms with Gasteiger partial charge in [0, 0.05) is 31.9 Å². The second-order valence-corrected chi connectivity index (χ2v) is 7.65. The standard InChI is InChI=1S/C17H27N5O4S/c1-13(2)14(23)26-11-12-27-17-19-15(21-3-7-24-8-4-21)18-16(20-17)22-5-9-25-10-6-22/h13H,3-12H2,1-2H3. The summed E-state index contributed by atoms with van der Waals surface area (Å²) in [5.74, 6) is 1.66. The van der Waals surface area contributed by atoms with Crippen molar-refractivity contribution < 1.29 is 19.0 Å². The maximum absolute atomic E-state index is 11.6. The van der Waals surface area contributed by atoms with Crippen LogP contribution < -0.4 is 9.80 Å². The lowest BCUT2D eigenvalue weighted by Crippen LogP contribution is -2.40. The van der Waals surface area contributed by atoms with Gasteiger partial charge in [0.25, 0.3) is 0 Å². The van der Waals surface area contributed by atoms with Crippen molar-refractivity contribution in [3.63, 3.8) is 0 Å². The summed E-state index contributed by atoms with van der Waals surface area (Å²) in [5, 5.41) is 0.647. The molecule has 0 aromatic carbocycles. The topological polar surface area (TPSA) is 89.9 Å². The van der Waals surface area contributed by atoms with E-state index in [-0.39, 0.29) is 11.9 Å². The number of anilines is 2. The Kier molecular flexibility index (Phi) is 7.48. The van der Waals surface area contributed by atoms with Gasteiger partial charge in [0.1, 0.15) is 6.61 Å². The predicted molar refractivity (Wildman–Crippen MR) is 102 cm³/mol. The highest BCUT2D eigenvalue weighted by molar-refractivity contribution is 7.99. The fraction of sp³-hybridized carbons (Fsp3) is 0.765. The third kappa shape index (κ3) is 5.91. The number of rotatable bonds is 7. The molecule has 0 spiro atoms. The lowest BCUT2D eigenvalue weighted by atomic mass is 10.2. The van der Waals surface area contributed by atoms with Gasteiger partial charge in [0.05, 0.1) is 32.3 Å². The highest BCUT2D eigenvalue weighted by Crippen LogP contribution is 2.22. The number of thioether (sulfide) groups is 1. The molecule has 2 aliphatic rings. The summed E-state index contributed by atoms with van der Waals surface area (Å²) < 4.78 is 16.1. The number of nitrogens with zero attached hydrogens (tertiary/aromatic N) is 5. The van der Waals surface area contributed by atoms with E-state index in [1.807, 2.05) is 13.8 Å². The number of carbonyl (C=O) groups is 1. The van der Waals surface area contributed by atoms with E-state index in [0.717, 1.165) is 26.2 Å². The molecule has 1 aromatic heterocycles. The van der Waals surface area contributed by atoms with Crippen LogP contribution >= 0.6 is 11.8 Å². The average Bonchev–Trinajstić information content (AvgIpc) is 2.72.